The van der Waals surface area contributed by atoms with E-state index < -0.39 is 0 Å². The Labute approximate surface area is 98.5 Å². The summed E-state index contributed by atoms with van der Waals surface area (Å²) in [6, 6.07) is 5.96. The summed E-state index contributed by atoms with van der Waals surface area (Å²) in [5.74, 6) is 0. The maximum Gasteiger partial charge on any atom is 0.137 e. The van der Waals surface area contributed by atoms with Crippen molar-refractivity contribution in [3.8, 4) is 0 Å². The first-order valence-electron chi connectivity index (χ1n) is 5.48. The fourth-order valence-corrected chi connectivity index (χ4v) is 1.85. The van der Waals surface area contributed by atoms with Gasteiger partial charge in [0.05, 0.1) is 24.3 Å². The van der Waals surface area contributed by atoms with E-state index >= 15 is 0 Å². The van der Waals surface area contributed by atoms with E-state index in [1.54, 1.807) is 6.33 Å². The van der Waals surface area contributed by atoms with E-state index in [-0.39, 0.29) is 0 Å². The third kappa shape index (κ3) is 1.92. The lowest BCUT2D eigenvalue weighted by molar-refractivity contribution is 0.778. The molecular weight excluding hydrogens is 214 g/mol. The number of nitrogens with zero attached hydrogens (tertiary/aromatic N) is 4. The normalized spacial score (nSPS) is 11.1. The van der Waals surface area contributed by atoms with E-state index in [1.807, 2.05) is 45.8 Å². The summed E-state index contributed by atoms with van der Waals surface area (Å²) in [5, 5.41) is 0. The van der Waals surface area contributed by atoms with Crippen LogP contribution >= 0.6 is 0 Å². The SMILES string of the molecule is NCc1cn(Cc2cn3ccccc3n2)cn1. The number of rotatable bonds is 3. The van der Waals surface area contributed by atoms with Crippen molar-refractivity contribution in [2.24, 2.45) is 5.73 Å². The van der Waals surface area contributed by atoms with Crippen LogP contribution < -0.4 is 5.73 Å². The molecule has 0 saturated heterocycles. The van der Waals surface area contributed by atoms with Gasteiger partial charge < -0.3 is 14.7 Å². The zero-order valence-corrected chi connectivity index (χ0v) is 9.32. The molecule has 17 heavy (non-hydrogen) atoms. The van der Waals surface area contributed by atoms with Crippen molar-refractivity contribution < 1.29 is 0 Å². The third-order valence-electron chi connectivity index (χ3n) is 2.65. The maximum atomic E-state index is 5.52. The van der Waals surface area contributed by atoms with E-state index in [0.717, 1.165) is 17.0 Å². The number of nitrogens with two attached hydrogens (primary N) is 1. The second-order valence-corrected chi connectivity index (χ2v) is 3.94. The average Bonchev–Trinajstić information content (AvgIpc) is 2.94. The van der Waals surface area contributed by atoms with Crippen LogP contribution in [-0.4, -0.2) is 18.9 Å². The van der Waals surface area contributed by atoms with Crippen LogP contribution in [0.2, 0.25) is 0 Å². The molecule has 0 unspecified atom stereocenters. The summed E-state index contributed by atoms with van der Waals surface area (Å²) >= 11 is 0. The van der Waals surface area contributed by atoms with Crippen molar-refractivity contribution in [2.75, 3.05) is 0 Å². The molecule has 3 heterocycles. The lowest BCUT2D eigenvalue weighted by atomic mass is 10.4. The summed E-state index contributed by atoms with van der Waals surface area (Å²) in [7, 11) is 0. The first-order chi connectivity index (χ1) is 8.35. The van der Waals surface area contributed by atoms with Crippen LogP contribution in [0.3, 0.4) is 0 Å². The third-order valence-corrected chi connectivity index (χ3v) is 2.65. The monoisotopic (exact) mass is 227 g/mol. The van der Waals surface area contributed by atoms with Crippen LogP contribution in [0.25, 0.3) is 5.65 Å². The van der Waals surface area contributed by atoms with Crippen molar-refractivity contribution in [3.63, 3.8) is 0 Å². The highest BCUT2D eigenvalue weighted by Gasteiger charge is 2.02. The van der Waals surface area contributed by atoms with Crippen LogP contribution in [-0.2, 0) is 13.1 Å². The van der Waals surface area contributed by atoms with Gasteiger partial charge in [-0.2, -0.15) is 0 Å². The molecule has 5 nitrogen and oxygen atoms in total. The number of hydrogen-bond acceptors (Lipinski definition) is 3. The van der Waals surface area contributed by atoms with Gasteiger partial charge >= 0.3 is 0 Å². The van der Waals surface area contributed by atoms with Gasteiger partial charge in [0, 0.05) is 25.1 Å². The molecule has 3 rings (SSSR count). The molecule has 0 aromatic carbocycles. The molecule has 0 radical (unpaired) electrons. The Balaban J connectivity index is 1.89. The quantitative estimate of drug-likeness (QED) is 0.727. The number of fused-ring (bicyclic) bond motifs is 1. The second kappa shape index (κ2) is 4.03. The minimum Gasteiger partial charge on any atom is -0.331 e. The Morgan fingerprint density at radius 2 is 2.12 bits per heavy atom. The molecule has 2 N–H and O–H groups in total. The van der Waals surface area contributed by atoms with Gasteiger partial charge in [-0.15, -0.1) is 0 Å². The van der Waals surface area contributed by atoms with E-state index in [1.165, 1.54) is 0 Å². The van der Waals surface area contributed by atoms with Crippen molar-refractivity contribution in [1.29, 1.82) is 0 Å². The van der Waals surface area contributed by atoms with Crippen molar-refractivity contribution >= 4 is 5.65 Å². The lowest BCUT2D eigenvalue weighted by Crippen LogP contribution is -1.98. The van der Waals surface area contributed by atoms with Crippen LogP contribution in [0.15, 0.2) is 43.1 Å². The highest BCUT2D eigenvalue weighted by molar-refractivity contribution is 5.39. The van der Waals surface area contributed by atoms with Crippen LogP contribution in [0.1, 0.15) is 11.4 Å². The molecule has 0 amide bonds. The minimum atomic E-state index is 0.470. The van der Waals surface area contributed by atoms with Gasteiger partial charge in [0.25, 0.3) is 0 Å². The second-order valence-electron chi connectivity index (χ2n) is 3.94. The average molecular weight is 227 g/mol. The van der Waals surface area contributed by atoms with Crippen LogP contribution in [0.5, 0.6) is 0 Å². The molecule has 86 valence electrons. The molecule has 0 saturated carbocycles. The fourth-order valence-electron chi connectivity index (χ4n) is 1.85. The topological polar surface area (TPSA) is 61.1 Å². The van der Waals surface area contributed by atoms with Gasteiger partial charge in [0.15, 0.2) is 0 Å². The Morgan fingerprint density at radius 1 is 1.18 bits per heavy atom. The molecule has 3 aromatic heterocycles. The van der Waals surface area contributed by atoms with E-state index in [4.69, 9.17) is 5.73 Å². The first-order valence-corrected chi connectivity index (χ1v) is 5.48. The van der Waals surface area contributed by atoms with Crippen molar-refractivity contribution in [1.82, 2.24) is 18.9 Å². The number of pyridine rings is 1. The molecule has 0 bridgehead atoms. The molecule has 0 spiro atoms. The predicted octanol–water partition coefficient (Wildman–Crippen LogP) is 1.04. The van der Waals surface area contributed by atoms with E-state index in [0.29, 0.717) is 13.1 Å². The Hall–Kier alpha value is -2.14. The largest absolute Gasteiger partial charge is 0.331 e. The molecule has 0 atom stereocenters. The smallest absolute Gasteiger partial charge is 0.137 e. The highest BCUT2D eigenvalue weighted by atomic mass is 15.1. The molecule has 0 aliphatic carbocycles. The molecule has 0 aliphatic rings. The van der Waals surface area contributed by atoms with Gasteiger partial charge in [-0.25, -0.2) is 9.97 Å². The molecule has 3 aromatic rings. The van der Waals surface area contributed by atoms with E-state index in [2.05, 4.69) is 9.97 Å². The fraction of sp³-hybridized carbons (Fsp3) is 0.167. The van der Waals surface area contributed by atoms with Gasteiger partial charge in [0.1, 0.15) is 5.65 Å². The van der Waals surface area contributed by atoms with Crippen molar-refractivity contribution in [3.05, 3.63) is 54.5 Å². The maximum absolute atomic E-state index is 5.52. The van der Waals surface area contributed by atoms with Gasteiger partial charge in [0.2, 0.25) is 0 Å². The van der Waals surface area contributed by atoms with Gasteiger partial charge in [-0.05, 0) is 12.1 Å². The van der Waals surface area contributed by atoms with E-state index in [9.17, 15) is 0 Å². The summed E-state index contributed by atoms with van der Waals surface area (Å²) in [5.41, 5.74) is 8.39. The minimum absolute atomic E-state index is 0.470. The molecule has 0 fully saturated rings. The lowest BCUT2D eigenvalue weighted by Gasteiger charge is -1.96. The number of hydrogen-bond donors (Lipinski definition) is 1. The molecule has 0 aliphatic heterocycles. The highest BCUT2D eigenvalue weighted by Crippen LogP contribution is 2.06. The zero-order valence-electron chi connectivity index (χ0n) is 9.32. The summed E-state index contributed by atoms with van der Waals surface area (Å²) in [6.45, 7) is 1.19. The number of imidazole rings is 2. The summed E-state index contributed by atoms with van der Waals surface area (Å²) < 4.78 is 4.00. The number of aromatic nitrogens is 4. The summed E-state index contributed by atoms with van der Waals surface area (Å²) in [6.07, 6.45) is 7.75. The van der Waals surface area contributed by atoms with Crippen LogP contribution in [0.4, 0.5) is 0 Å². The van der Waals surface area contributed by atoms with Gasteiger partial charge in [-0.1, -0.05) is 6.07 Å². The van der Waals surface area contributed by atoms with Crippen molar-refractivity contribution in [2.45, 2.75) is 13.1 Å². The Bertz CT molecular complexity index is 604. The Kier molecular flexibility index (Phi) is 2.38. The Morgan fingerprint density at radius 3 is 2.88 bits per heavy atom. The first kappa shape index (κ1) is 10.0. The summed E-state index contributed by atoms with van der Waals surface area (Å²) in [4.78, 5) is 8.71. The molecule has 5 heteroatoms. The van der Waals surface area contributed by atoms with Crippen LogP contribution in [0, 0.1) is 0 Å². The molecular formula is C12H13N5. The zero-order chi connectivity index (χ0) is 11.7. The predicted molar refractivity (Wildman–Crippen MR) is 64.4 cm³/mol. The standard InChI is InChI=1S/C12H13N5/c13-5-10-6-16(9-14-10)7-11-8-17-4-2-1-3-12(17)15-11/h1-4,6,8-9H,5,7,13H2. The van der Waals surface area contributed by atoms with Gasteiger partial charge in [-0.3, -0.25) is 0 Å².